The zero-order valence-electron chi connectivity index (χ0n) is 9.65. The number of aliphatic hydroxyl groups is 1. The van der Waals surface area contributed by atoms with Crippen LogP contribution >= 0.6 is 0 Å². The largest absolute Gasteiger partial charge is 0.465 e. The van der Waals surface area contributed by atoms with Gasteiger partial charge in [-0.15, -0.1) is 0 Å². The quantitative estimate of drug-likeness (QED) is 0.730. The molecule has 1 fully saturated rings. The van der Waals surface area contributed by atoms with E-state index in [4.69, 9.17) is 9.84 Å². The van der Waals surface area contributed by atoms with Crippen LogP contribution in [-0.2, 0) is 4.74 Å². The van der Waals surface area contributed by atoms with Crippen molar-refractivity contribution in [2.75, 3.05) is 6.61 Å². The number of rotatable bonds is 2. The van der Waals surface area contributed by atoms with Crippen LogP contribution in [0.5, 0.6) is 0 Å². The van der Waals surface area contributed by atoms with Gasteiger partial charge in [0.2, 0.25) is 0 Å². The molecule has 0 saturated carbocycles. The van der Waals surface area contributed by atoms with Gasteiger partial charge in [-0.25, -0.2) is 4.79 Å². The summed E-state index contributed by atoms with van der Waals surface area (Å²) in [5, 5.41) is 18.8. The molecule has 0 radical (unpaired) electrons. The molecule has 0 aromatic heterocycles. The molecule has 1 rings (SSSR count). The minimum atomic E-state index is -1.01. The fourth-order valence-corrected chi connectivity index (χ4v) is 2.00. The molecule has 0 aromatic carbocycles. The lowest BCUT2D eigenvalue weighted by molar-refractivity contribution is -0.0444. The number of hydrogen-bond donors (Lipinski definition) is 2. The van der Waals surface area contributed by atoms with Gasteiger partial charge in [-0.1, -0.05) is 0 Å². The summed E-state index contributed by atoms with van der Waals surface area (Å²) in [6, 6.07) is -0.280. The smallest absolute Gasteiger partial charge is 0.409 e. The molecular weight excluding hydrogens is 198 g/mol. The second-order valence-corrected chi connectivity index (χ2v) is 5.08. The Balaban J connectivity index is 2.79. The minimum Gasteiger partial charge on any atom is -0.465 e. The van der Waals surface area contributed by atoms with E-state index in [1.165, 1.54) is 4.90 Å². The molecular formula is C10H19NO4. The highest BCUT2D eigenvalue weighted by Crippen LogP contribution is 2.31. The van der Waals surface area contributed by atoms with Gasteiger partial charge < -0.3 is 14.9 Å². The first-order valence-electron chi connectivity index (χ1n) is 5.02. The SMILES string of the molecule is CC(C)(O)CC1COC(C)(C)N1C(=O)O. The Morgan fingerprint density at radius 1 is 1.60 bits per heavy atom. The van der Waals surface area contributed by atoms with Crippen molar-refractivity contribution in [1.82, 2.24) is 4.90 Å². The predicted octanol–water partition coefficient (Wildman–Crippen LogP) is 1.26. The second kappa shape index (κ2) is 3.64. The third-order valence-electron chi connectivity index (χ3n) is 2.52. The highest BCUT2D eigenvalue weighted by Gasteiger charge is 2.45. The van der Waals surface area contributed by atoms with Gasteiger partial charge in [-0.2, -0.15) is 0 Å². The number of carbonyl (C=O) groups is 1. The fourth-order valence-electron chi connectivity index (χ4n) is 2.00. The monoisotopic (exact) mass is 217 g/mol. The normalized spacial score (nSPS) is 25.7. The first-order chi connectivity index (χ1) is 6.63. The summed E-state index contributed by atoms with van der Waals surface area (Å²) in [7, 11) is 0. The molecule has 1 saturated heterocycles. The Kier molecular flexibility index (Phi) is 2.98. The summed E-state index contributed by atoms with van der Waals surface area (Å²) in [5.74, 6) is 0. The number of hydrogen-bond acceptors (Lipinski definition) is 3. The van der Waals surface area contributed by atoms with Crippen molar-refractivity contribution >= 4 is 6.09 Å². The van der Waals surface area contributed by atoms with E-state index in [-0.39, 0.29) is 6.04 Å². The molecule has 1 amide bonds. The molecule has 88 valence electrons. The molecule has 1 aliphatic rings. The zero-order valence-corrected chi connectivity index (χ0v) is 9.65. The van der Waals surface area contributed by atoms with Crippen molar-refractivity contribution in [3.8, 4) is 0 Å². The van der Waals surface area contributed by atoms with E-state index in [0.29, 0.717) is 13.0 Å². The highest BCUT2D eigenvalue weighted by molar-refractivity contribution is 5.66. The molecule has 1 aliphatic heterocycles. The van der Waals surface area contributed by atoms with Crippen LogP contribution < -0.4 is 0 Å². The van der Waals surface area contributed by atoms with Crippen molar-refractivity contribution in [2.45, 2.75) is 51.5 Å². The summed E-state index contributed by atoms with van der Waals surface area (Å²) in [6.07, 6.45) is -0.630. The summed E-state index contributed by atoms with van der Waals surface area (Å²) in [5.41, 5.74) is -1.69. The lowest BCUT2D eigenvalue weighted by atomic mass is 9.98. The third kappa shape index (κ3) is 2.82. The van der Waals surface area contributed by atoms with Crippen LogP contribution in [0, 0.1) is 0 Å². The van der Waals surface area contributed by atoms with E-state index in [2.05, 4.69) is 0 Å². The van der Waals surface area contributed by atoms with Crippen LogP contribution in [-0.4, -0.2) is 45.2 Å². The molecule has 0 aromatic rings. The van der Waals surface area contributed by atoms with Crippen LogP contribution in [0.15, 0.2) is 0 Å². The molecule has 5 heteroatoms. The Morgan fingerprint density at radius 2 is 2.13 bits per heavy atom. The fraction of sp³-hybridized carbons (Fsp3) is 0.900. The number of carboxylic acid groups (broad SMARTS) is 1. The number of nitrogens with zero attached hydrogens (tertiary/aromatic N) is 1. The van der Waals surface area contributed by atoms with E-state index in [1.807, 2.05) is 0 Å². The summed E-state index contributed by atoms with van der Waals surface area (Å²) >= 11 is 0. The average molecular weight is 217 g/mol. The highest BCUT2D eigenvalue weighted by atomic mass is 16.5. The van der Waals surface area contributed by atoms with Gasteiger partial charge in [0.25, 0.3) is 0 Å². The molecule has 5 nitrogen and oxygen atoms in total. The van der Waals surface area contributed by atoms with E-state index in [1.54, 1.807) is 27.7 Å². The molecule has 15 heavy (non-hydrogen) atoms. The second-order valence-electron chi connectivity index (χ2n) is 5.08. The first kappa shape index (κ1) is 12.3. The van der Waals surface area contributed by atoms with Gasteiger partial charge in [0.1, 0.15) is 5.72 Å². The molecule has 1 heterocycles. The third-order valence-corrected chi connectivity index (χ3v) is 2.52. The van der Waals surface area contributed by atoms with Gasteiger partial charge in [-0.3, -0.25) is 4.90 Å². The summed E-state index contributed by atoms with van der Waals surface area (Å²) < 4.78 is 5.41. The first-order valence-corrected chi connectivity index (χ1v) is 5.02. The molecule has 0 spiro atoms. The van der Waals surface area contributed by atoms with Crippen molar-refractivity contribution in [2.24, 2.45) is 0 Å². The summed E-state index contributed by atoms with van der Waals surface area (Å²) in [4.78, 5) is 12.3. The van der Waals surface area contributed by atoms with Crippen molar-refractivity contribution < 1.29 is 19.7 Å². The zero-order chi connectivity index (χ0) is 11.9. The van der Waals surface area contributed by atoms with Crippen LogP contribution in [0.1, 0.15) is 34.1 Å². The maximum Gasteiger partial charge on any atom is 0.409 e. The standard InChI is InChI=1S/C10H19NO4/c1-9(2,14)5-7-6-15-10(3,4)11(7)8(12)13/h7,14H,5-6H2,1-4H3,(H,12,13). The minimum absolute atomic E-state index is 0.280. The van der Waals surface area contributed by atoms with Gasteiger partial charge in [0.05, 0.1) is 18.2 Å². The van der Waals surface area contributed by atoms with E-state index in [9.17, 15) is 9.90 Å². The number of ether oxygens (including phenoxy) is 1. The van der Waals surface area contributed by atoms with Crippen molar-refractivity contribution in [1.29, 1.82) is 0 Å². The van der Waals surface area contributed by atoms with E-state index < -0.39 is 17.4 Å². The lowest BCUT2D eigenvalue weighted by Crippen LogP contribution is -2.48. The Bertz CT molecular complexity index is 257. The Hall–Kier alpha value is -0.810. The van der Waals surface area contributed by atoms with Crippen LogP contribution in [0.3, 0.4) is 0 Å². The van der Waals surface area contributed by atoms with Crippen molar-refractivity contribution in [3.63, 3.8) is 0 Å². The van der Waals surface area contributed by atoms with Crippen LogP contribution in [0.4, 0.5) is 4.79 Å². The van der Waals surface area contributed by atoms with Gasteiger partial charge >= 0.3 is 6.09 Å². The lowest BCUT2D eigenvalue weighted by Gasteiger charge is -2.33. The van der Waals surface area contributed by atoms with E-state index in [0.717, 1.165) is 0 Å². The van der Waals surface area contributed by atoms with Gasteiger partial charge in [0, 0.05) is 0 Å². The molecule has 1 unspecified atom stereocenters. The molecule has 0 aliphatic carbocycles. The predicted molar refractivity (Wildman–Crippen MR) is 54.6 cm³/mol. The van der Waals surface area contributed by atoms with Crippen LogP contribution in [0.25, 0.3) is 0 Å². The van der Waals surface area contributed by atoms with Gasteiger partial charge in [0.15, 0.2) is 0 Å². The van der Waals surface area contributed by atoms with E-state index >= 15 is 0 Å². The Labute approximate surface area is 89.6 Å². The summed E-state index contributed by atoms with van der Waals surface area (Å²) in [6.45, 7) is 7.09. The molecule has 2 N–H and O–H groups in total. The van der Waals surface area contributed by atoms with Gasteiger partial charge in [-0.05, 0) is 34.1 Å². The van der Waals surface area contributed by atoms with Crippen LogP contribution in [0.2, 0.25) is 0 Å². The maximum absolute atomic E-state index is 11.1. The molecule has 1 atom stereocenters. The Morgan fingerprint density at radius 3 is 2.53 bits per heavy atom. The maximum atomic E-state index is 11.1. The number of amides is 1. The topological polar surface area (TPSA) is 70.0 Å². The average Bonchev–Trinajstić information content (AvgIpc) is 2.22. The molecule has 0 bridgehead atoms. The van der Waals surface area contributed by atoms with Crippen molar-refractivity contribution in [3.05, 3.63) is 0 Å².